The number of hydrogen-bond acceptors (Lipinski definition) is 5. The lowest BCUT2D eigenvalue weighted by Gasteiger charge is -2.42. The van der Waals surface area contributed by atoms with Crippen LogP contribution in [0.2, 0.25) is 0 Å². The van der Waals surface area contributed by atoms with Gasteiger partial charge in [0.1, 0.15) is 11.5 Å². The zero-order valence-corrected chi connectivity index (χ0v) is 31.3. The van der Waals surface area contributed by atoms with Crippen LogP contribution in [-0.4, -0.2) is 15.0 Å². The van der Waals surface area contributed by atoms with Crippen LogP contribution in [-0.2, 0) is 5.41 Å². The van der Waals surface area contributed by atoms with Crippen molar-refractivity contribution in [3.05, 3.63) is 234 Å². The molecule has 0 fully saturated rings. The molecule has 0 aliphatic carbocycles. The first-order valence-electron chi connectivity index (χ1n) is 19.2. The van der Waals surface area contributed by atoms with Crippen molar-refractivity contribution in [2.24, 2.45) is 0 Å². The molecule has 0 unspecified atom stereocenters. The molecule has 2 heterocycles. The molecule has 0 spiro atoms. The SMILES string of the molecule is N#Cc1ccccc1-c1ccc(-c2nc(-c3ccccc3)nc(-c3cccc(-c4cccc5c4Oc4ccccc4C5(c4ccccc4)c4ccccc4)c3)n2)cc1. The van der Waals surface area contributed by atoms with Crippen LogP contribution >= 0.6 is 0 Å². The molecule has 9 aromatic rings. The van der Waals surface area contributed by atoms with Gasteiger partial charge in [-0.05, 0) is 46.0 Å². The summed E-state index contributed by atoms with van der Waals surface area (Å²) in [5.41, 5.74) is 10.9. The van der Waals surface area contributed by atoms with Gasteiger partial charge in [-0.1, -0.05) is 188 Å². The van der Waals surface area contributed by atoms with Gasteiger partial charge in [-0.2, -0.15) is 5.26 Å². The van der Waals surface area contributed by atoms with Gasteiger partial charge in [-0.25, -0.2) is 15.0 Å². The number of fused-ring (bicyclic) bond motifs is 2. The van der Waals surface area contributed by atoms with Crippen LogP contribution in [0.1, 0.15) is 27.8 Å². The maximum absolute atomic E-state index is 9.71. The average Bonchev–Trinajstić information content (AvgIpc) is 3.31. The van der Waals surface area contributed by atoms with Crippen LogP contribution in [0.15, 0.2) is 206 Å². The summed E-state index contributed by atoms with van der Waals surface area (Å²) in [5.74, 6) is 3.33. The second-order valence-corrected chi connectivity index (χ2v) is 14.3. The second-order valence-electron chi connectivity index (χ2n) is 14.3. The van der Waals surface area contributed by atoms with E-state index in [1.807, 2.05) is 91.0 Å². The predicted octanol–water partition coefficient (Wildman–Crippen LogP) is 12.6. The van der Waals surface area contributed by atoms with E-state index in [2.05, 4.69) is 121 Å². The van der Waals surface area contributed by atoms with Gasteiger partial charge in [0.05, 0.1) is 17.0 Å². The normalized spacial score (nSPS) is 12.4. The molecule has 272 valence electrons. The molecule has 58 heavy (non-hydrogen) atoms. The number of hydrogen-bond donors (Lipinski definition) is 0. The third-order valence-electron chi connectivity index (χ3n) is 10.9. The van der Waals surface area contributed by atoms with E-state index in [0.29, 0.717) is 23.0 Å². The molecule has 0 N–H and O–H groups in total. The first kappa shape index (κ1) is 34.5. The van der Waals surface area contributed by atoms with Crippen LogP contribution in [0.5, 0.6) is 11.5 Å². The molecule has 5 heteroatoms. The van der Waals surface area contributed by atoms with Crippen LogP contribution < -0.4 is 4.74 Å². The molecule has 0 atom stereocenters. The lowest BCUT2D eigenvalue weighted by atomic mass is 9.63. The van der Waals surface area contributed by atoms with Crippen molar-refractivity contribution >= 4 is 0 Å². The van der Waals surface area contributed by atoms with Crippen LogP contribution in [0.3, 0.4) is 0 Å². The maximum atomic E-state index is 9.71. The van der Waals surface area contributed by atoms with Gasteiger partial charge in [0.25, 0.3) is 0 Å². The summed E-state index contributed by atoms with van der Waals surface area (Å²) in [6.45, 7) is 0. The van der Waals surface area contributed by atoms with E-state index in [4.69, 9.17) is 19.7 Å². The quantitative estimate of drug-likeness (QED) is 0.163. The molecule has 0 radical (unpaired) electrons. The molecule has 0 saturated heterocycles. The predicted molar refractivity (Wildman–Crippen MR) is 230 cm³/mol. The minimum Gasteiger partial charge on any atom is -0.456 e. The molecular formula is C53H34N4O. The van der Waals surface area contributed by atoms with Crippen molar-refractivity contribution < 1.29 is 4.74 Å². The van der Waals surface area contributed by atoms with E-state index >= 15 is 0 Å². The number of nitrogens with zero attached hydrogens (tertiary/aromatic N) is 4. The Morgan fingerprint density at radius 2 is 0.879 bits per heavy atom. The first-order valence-corrected chi connectivity index (χ1v) is 19.2. The fraction of sp³-hybridized carbons (Fsp3) is 0.0189. The number of benzene rings is 8. The van der Waals surface area contributed by atoms with E-state index in [9.17, 15) is 5.26 Å². The Balaban J connectivity index is 1.12. The van der Waals surface area contributed by atoms with Gasteiger partial charge in [0.2, 0.25) is 0 Å². The van der Waals surface area contributed by atoms with E-state index in [-0.39, 0.29) is 0 Å². The molecule has 1 aliphatic rings. The van der Waals surface area contributed by atoms with Gasteiger partial charge < -0.3 is 4.74 Å². The zero-order valence-electron chi connectivity index (χ0n) is 31.3. The largest absolute Gasteiger partial charge is 0.456 e. The Bertz CT molecular complexity index is 2940. The summed E-state index contributed by atoms with van der Waals surface area (Å²) in [6.07, 6.45) is 0. The van der Waals surface area contributed by atoms with Crippen molar-refractivity contribution in [3.8, 4) is 74.0 Å². The van der Waals surface area contributed by atoms with Gasteiger partial charge in [0, 0.05) is 33.4 Å². The lowest BCUT2D eigenvalue weighted by molar-refractivity contribution is 0.436. The molecule has 0 bridgehead atoms. The van der Waals surface area contributed by atoms with Crippen LogP contribution in [0.25, 0.3) is 56.4 Å². The third-order valence-corrected chi connectivity index (χ3v) is 10.9. The molecule has 8 aromatic carbocycles. The van der Waals surface area contributed by atoms with Crippen molar-refractivity contribution in [1.82, 2.24) is 15.0 Å². The number of aromatic nitrogens is 3. The summed E-state index contributed by atoms with van der Waals surface area (Å²) in [4.78, 5) is 15.1. The smallest absolute Gasteiger partial charge is 0.164 e. The summed E-state index contributed by atoms with van der Waals surface area (Å²) in [6, 6.07) is 72.6. The highest BCUT2D eigenvalue weighted by Gasteiger charge is 2.45. The van der Waals surface area contributed by atoms with Gasteiger partial charge in [0.15, 0.2) is 17.5 Å². The average molecular weight is 743 g/mol. The maximum Gasteiger partial charge on any atom is 0.164 e. The third kappa shape index (κ3) is 5.92. The van der Waals surface area contributed by atoms with Crippen LogP contribution in [0, 0.1) is 11.3 Å². The summed E-state index contributed by atoms with van der Waals surface area (Å²) >= 11 is 0. The van der Waals surface area contributed by atoms with Crippen molar-refractivity contribution in [1.29, 1.82) is 5.26 Å². The summed E-state index contributed by atoms with van der Waals surface area (Å²) < 4.78 is 6.96. The van der Waals surface area contributed by atoms with E-state index in [0.717, 1.165) is 72.7 Å². The molecule has 1 aromatic heterocycles. The highest BCUT2D eigenvalue weighted by molar-refractivity contribution is 5.82. The zero-order chi connectivity index (χ0) is 38.9. The number of ether oxygens (including phenoxy) is 1. The Labute approximate surface area is 337 Å². The highest BCUT2D eigenvalue weighted by atomic mass is 16.5. The van der Waals surface area contributed by atoms with Crippen LogP contribution in [0.4, 0.5) is 0 Å². The Hall–Kier alpha value is -7.94. The van der Waals surface area contributed by atoms with E-state index < -0.39 is 5.41 Å². The lowest BCUT2D eigenvalue weighted by Crippen LogP contribution is -2.34. The molecule has 0 saturated carbocycles. The second kappa shape index (κ2) is 14.6. The molecule has 1 aliphatic heterocycles. The molecule has 0 amide bonds. The molecule has 10 rings (SSSR count). The fourth-order valence-electron chi connectivity index (χ4n) is 8.26. The van der Waals surface area contributed by atoms with Crippen molar-refractivity contribution in [2.75, 3.05) is 0 Å². The highest BCUT2D eigenvalue weighted by Crippen LogP contribution is 2.57. The number of nitriles is 1. The first-order chi connectivity index (χ1) is 28.7. The Morgan fingerprint density at radius 3 is 1.57 bits per heavy atom. The van der Waals surface area contributed by atoms with Gasteiger partial charge >= 0.3 is 0 Å². The summed E-state index contributed by atoms with van der Waals surface area (Å²) in [5, 5.41) is 9.71. The van der Waals surface area contributed by atoms with E-state index in [1.54, 1.807) is 0 Å². The van der Waals surface area contributed by atoms with Gasteiger partial charge in [-0.15, -0.1) is 0 Å². The topological polar surface area (TPSA) is 71.7 Å². The molecule has 5 nitrogen and oxygen atoms in total. The standard InChI is InChI=1S/C53H34N4O/c54-35-41-18-10-11-25-44(41)36-30-32-38(33-31-36)51-55-50(37-16-4-1-5-17-37)56-52(57-51)40-20-14-19-39(34-40)45-26-15-28-47-49(45)58-48-29-13-12-27-46(48)53(47,42-21-6-2-7-22-42)43-23-8-3-9-24-43/h1-34H. The monoisotopic (exact) mass is 742 g/mol. The van der Waals surface area contributed by atoms with E-state index in [1.165, 1.54) is 0 Å². The minimum atomic E-state index is -0.625. The van der Waals surface area contributed by atoms with Crippen molar-refractivity contribution in [3.63, 3.8) is 0 Å². The summed E-state index contributed by atoms with van der Waals surface area (Å²) in [7, 11) is 0. The fourth-order valence-corrected chi connectivity index (χ4v) is 8.26. The minimum absolute atomic E-state index is 0.557. The number of para-hydroxylation sites is 2. The molecular weight excluding hydrogens is 709 g/mol. The van der Waals surface area contributed by atoms with Crippen molar-refractivity contribution in [2.45, 2.75) is 5.41 Å². The Morgan fingerprint density at radius 1 is 0.397 bits per heavy atom. The number of rotatable bonds is 7. The Kier molecular flexibility index (Phi) is 8.70. The van der Waals surface area contributed by atoms with Gasteiger partial charge in [-0.3, -0.25) is 0 Å².